The highest BCUT2D eigenvalue weighted by Crippen LogP contribution is 2.33. The third-order valence-electron chi connectivity index (χ3n) is 12.8. The molecular weight excluding hydrogens is 915 g/mol. The van der Waals surface area contributed by atoms with Crippen molar-refractivity contribution >= 4 is 5.91 Å². The van der Waals surface area contributed by atoms with Gasteiger partial charge in [0.25, 0.3) is 0 Å². The van der Waals surface area contributed by atoms with Crippen LogP contribution in [0.15, 0.2) is 48.6 Å². The Bertz CT molecular complexity index is 1480. The van der Waals surface area contributed by atoms with Gasteiger partial charge in [0.1, 0.15) is 73.2 Å². The van der Waals surface area contributed by atoms with E-state index in [0.29, 0.717) is 12.8 Å². The number of aliphatic hydroxyl groups excluding tert-OH is 11. The predicted molar refractivity (Wildman–Crippen MR) is 259 cm³/mol. The van der Waals surface area contributed by atoms with Gasteiger partial charge < -0.3 is 89.9 Å². The zero-order valence-corrected chi connectivity index (χ0v) is 41.5. The lowest BCUT2D eigenvalue weighted by atomic mass is 9.96. The molecule has 3 rings (SSSR count). The Hall–Kier alpha value is -2.25. The summed E-state index contributed by atoms with van der Waals surface area (Å²) in [7, 11) is 0. The van der Waals surface area contributed by atoms with E-state index in [1.165, 1.54) is 38.5 Å². The highest BCUT2D eigenvalue weighted by atomic mass is 16.8. The minimum absolute atomic E-state index is 0.217. The first kappa shape index (κ1) is 62.0. The van der Waals surface area contributed by atoms with Crippen molar-refractivity contribution in [1.82, 2.24) is 5.32 Å². The van der Waals surface area contributed by atoms with Crippen molar-refractivity contribution in [1.29, 1.82) is 0 Å². The van der Waals surface area contributed by atoms with Crippen LogP contribution in [0.5, 0.6) is 0 Å². The van der Waals surface area contributed by atoms with Gasteiger partial charge in [0, 0.05) is 6.42 Å². The van der Waals surface area contributed by atoms with Crippen LogP contribution in [0.3, 0.4) is 0 Å². The van der Waals surface area contributed by atoms with Crippen LogP contribution in [-0.2, 0) is 33.2 Å². The standard InChI is InChI=1S/C51H89NO18/c1-3-5-7-9-11-13-15-16-17-18-19-21-23-25-27-29-39(57)52-34(35(56)28-26-24-22-20-14-12-10-8-6-4-2)33-65-49-45(63)42(60)47(37(31-54)67-49)70-51-46(64)43(61)48(38(32-55)68-51)69-50-44(62)41(59)40(58)36(30-53)66-50/h11,13-14,16-17,20,26,28,34-38,40-51,53-56,58-64H,3-10,12,15,18-19,21-25,27,29-33H2,1-2H3,(H,52,57)/b13-11-,17-16-,20-14+,28-26+. The van der Waals surface area contributed by atoms with E-state index in [2.05, 4.69) is 55.6 Å². The second kappa shape index (κ2) is 35.8. The molecule has 0 saturated carbocycles. The summed E-state index contributed by atoms with van der Waals surface area (Å²) in [5.41, 5.74) is 0. The normalized spacial score (nSPS) is 33.0. The van der Waals surface area contributed by atoms with E-state index in [0.717, 1.165) is 64.2 Å². The molecular formula is C51H89NO18. The lowest BCUT2D eigenvalue weighted by Gasteiger charge is -2.48. The highest BCUT2D eigenvalue weighted by molar-refractivity contribution is 5.76. The Morgan fingerprint density at radius 1 is 0.514 bits per heavy atom. The molecule has 19 nitrogen and oxygen atoms in total. The summed E-state index contributed by atoms with van der Waals surface area (Å²) < 4.78 is 34.0. The van der Waals surface area contributed by atoms with Crippen LogP contribution in [-0.4, -0.2) is 193 Å². The lowest BCUT2D eigenvalue weighted by Crippen LogP contribution is -2.66. The van der Waals surface area contributed by atoms with E-state index < -0.39 is 124 Å². The maximum atomic E-state index is 13.2. The summed E-state index contributed by atoms with van der Waals surface area (Å²) >= 11 is 0. The molecule has 406 valence electrons. The highest BCUT2D eigenvalue weighted by Gasteiger charge is 2.53. The number of carbonyl (C=O) groups excluding carboxylic acids is 1. The Morgan fingerprint density at radius 3 is 1.54 bits per heavy atom. The van der Waals surface area contributed by atoms with Gasteiger partial charge in [-0.15, -0.1) is 0 Å². The molecule has 17 unspecified atom stereocenters. The van der Waals surface area contributed by atoms with E-state index in [4.69, 9.17) is 28.4 Å². The van der Waals surface area contributed by atoms with Crippen molar-refractivity contribution < 1.29 is 89.4 Å². The van der Waals surface area contributed by atoms with Crippen LogP contribution in [0.2, 0.25) is 0 Å². The summed E-state index contributed by atoms with van der Waals surface area (Å²) in [6.07, 6.45) is 8.40. The summed E-state index contributed by atoms with van der Waals surface area (Å²) in [6, 6.07) is -0.994. The predicted octanol–water partition coefficient (Wildman–Crippen LogP) is 1.97. The molecule has 3 heterocycles. The Balaban J connectivity index is 1.57. The molecule has 3 aliphatic rings. The molecule has 0 aliphatic carbocycles. The molecule has 17 atom stereocenters. The van der Waals surface area contributed by atoms with E-state index >= 15 is 0 Å². The molecule has 0 bridgehead atoms. The van der Waals surface area contributed by atoms with Crippen molar-refractivity contribution in [2.45, 2.75) is 240 Å². The maximum Gasteiger partial charge on any atom is 0.220 e. The number of ether oxygens (including phenoxy) is 6. The van der Waals surface area contributed by atoms with Crippen molar-refractivity contribution in [2.24, 2.45) is 0 Å². The summed E-state index contributed by atoms with van der Waals surface area (Å²) in [5.74, 6) is -0.306. The number of aliphatic hydroxyl groups is 11. The van der Waals surface area contributed by atoms with Gasteiger partial charge in [-0.25, -0.2) is 0 Å². The molecule has 3 fully saturated rings. The second-order valence-electron chi connectivity index (χ2n) is 18.6. The Kier molecular flexibility index (Phi) is 31.8. The molecule has 19 heteroatoms. The minimum Gasteiger partial charge on any atom is -0.394 e. The van der Waals surface area contributed by atoms with Gasteiger partial charge in [0.15, 0.2) is 18.9 Å². The number of amides is 1. The monoisotopic (exact) mass is 1000 g/mol. The van der Waals surface area contributed by atoms with Crippen molar-refractivity contribution in [3.05, 3.63) is 48.6 Å². The molecule has 3 aliphatic heterocycles. The third-order valence-corrected chi connectivity index (χ3v) is 12.8. The lowest BCUT2D eigenvalue weighted by molar-refractivity contribution is -0.379. The summed E-state index contributed by atoms with van der Waals surface area (Å²) in [6.45, 7) is 1.57. The quantitative estimate of drug-likeness (QED) is 0.0319. The average molecular weight is 1000 g/mol. The number of carbonyl (C=O) groups is 1. The number of unbranched alkanes of at least 4 members (excludes halogenated alkanes) is 13. The molecule has 3 saturated heterocycles. The number of nitrogens with one attached hydrogen (secondary N) is 1. The van der Waals surface area contributed by atoms with Gasteiger partial charge in [-0.05, 0) is 64.2 Å². The zero-order valence-electron chi connectivity index (χ0n) is 41.5. The van der Waals surface area contributed by atoms with Gasteiger partial charge >= 0.3 is 0 Å². The van der Waals surface area contributed by atoms with Gasteiger partial charge in [-0.3, -0.25) is 4.79 Å². The number of allylic oxidation sites excluding steroid dienone is 7. The third kappa shape index (κ3) is 21.3. The smallest absolute Gasteiger partial charge is 0.220 e. The van der Waals surface area contributed by atoms with Gasteiger partial charge in [-0.1, -0.05) is 114 Å². The van der Waals surface area contributed by atoms with Crippen LogP contribution >= 0.6 is 0 Å². The molecule has 0 radical (unpaired) electrons. The van der Waals surface area contributed by atoms with Gasteiger partial charge in [-0.2, -0.15) is 0 Å². The molecule has 0 aromatic heterocycles. The fraction of sp³-hybridized carbons (Fsp3) is 0.824. The summed E-state index contributed by atoms with van der Waals surface area (Å²) in [5, 5.41) is 119. The van der Waals surface area contributed by atoms with E-state index in [9.17, 15) is 61.0 Å². The topological polar surface area (TPSA) is 307 Å². The van der Waals surface area contributed by atoms with Gasteiger partial charge in [0.05, 0.1) is 38.6 Å². The van der Waals surface area contributed by atoms with Crippen molar-refractivity contribution in [3.63, 3.8) is 0 Å². The second-order valence-corrected chi connectivity index (χ2v) is 18.6. The SMILES string of the molecule is CCCCC/C=C\C/C=C\CCCCCCCC(=O)NC(COC1OC(CO)C(OC2OC(CO)C(OC3OC(CO)C(O)C(O)C3O)C(O)C2O)C(O)C1O)C(O)/C=C/CC/C=C/CCCCCC. The summed E-state index contributed by atoms with van der Waals surface area (Å²) in [4.78, 5) is 13.2. The fourth-order valence-electron chi connectivity index (χ4n) is 8.47. The maximum absolute atomic E-state index is 13.2. The molecule has 0 aromatic rings. The van der Waals surface area contributed by atoms with Crippen LogP contribution < -0.4 is 5.32 Å². The molecule has 1 amide bonds. The number of hydrogen-bond acceptors (Lipinski definition) is 18. The number of hydrogen-bond donors (Lipinski definition) is 12. The van der Waals surface area contributed by atoms with Crippen LogP contribution in [0.4, 0.5) is 0 Å². The Labute approximate surface area is 414 Å². The minimum atomic E-state index is -1.98. The molecule has 12 N–H and O–H groups in total. The first-order chi connectivity index (χ1) is 33.8. The van der Waals surface area contributed by atoms with Crippen LogP contribution in [0, 0.1) is 0 Å². The fourth-order valence-corrected chi connectivity index (χ4v) is 8.47. The molecule has 0 aromatic carbocycles. The zero-order chi connectivity index (χ0) is 51.3. The first-order valence-electron chi connectivity index (χ1n) is 25.9. The molecule has 0 spiro atoms. The number of rotatable bonds is 35. The van der Waals surface area contributed by atoms with Crippen molar-refractivity contribution in [3.8, 4) is 0 Å². The average Bonchev–Trinajstić information content (AvgIpc) is 3.35. The van der Waals surface area contributed by atoms with Crippen LogP contribution in [0.1, 0.15) is 136 Å². The molecule has 70 heavy (non-hydrogen) atoms. The largest absolute Gasteiger partial charge is 0.394 e. The van der Waals surface area contributed by atoms with E-state index in [1.807, 2.05) is 6.08 Å². The first-order valence-corrected chi connectivity index (χ1v) is 25.9. The Morgan fingerprint density at radius 2 is 0.957 bits per heavy atom. The van der Waals surface area contributed by atoms with E-state index in [1.54, 1.807) is 6.08 Å². The van der Waals surface area contributed by atoms with E-state index in [-0.39, 0.29) is 18.9 Å². The van der Waals surface area contributed by atoms with Crippen molar-refractivity contribution in [2.75, 3.05) is 26.4 Å². The van der Waals surface area contributed by atoms with Gasteiger partial charge in [0.2, 0.25) is 5.91 Å². The van der Waals surface area contributed by atoms with Crippen LogP contribution in [0.25, 0.3) is 0 Å².